The topological polar surface area (TPSA) is 63.1 Å². The molecule has 6 heteroatoms. The fourth-order valence-corrected chi connectivity index (χ4v) is 2.25. The van der Waals surface area contributed by atoms with E-state index in [1.54, 1.807) is 11.7 Å². The number of carboxylic acid groups (broad SMARTS) is 1. The second-order valence-electron chi connectivity index (χ2n) is 2.20. The lowest BCUT2D eigenvalue weighted by molar-refractivity contribution is 0.0702. The van der Waals surface area contributed by atoms with Gasteiger partial charge in [-0.1, -0.05) is 0 Å². The summed E-state index contributed by atoms with van der Waals surface area (Å²) in [6.45, 7) is 0. The molecular weight excluding hydrogens is 208 g/mol. The molecule has 0 fully saturated rings. The van der Waals surface area contributed by atoms with Gasteiger partial charge >= 0.3 is 5.97 Å². The van der Waals surface area contributed by atoms with E-state index in [1.807, 2.05) is 0 Å². The summed E-state index contributed by atoms with van der Waals surface area (Å²) in [5, 5.41) is 9.36. The Balaban J connectivity index is 2.39. The molecule has 0 saturated heterocycles. The normalized spacial score (nSPS) is 10.2. The van der Waals surface area contributed by atoms with Gasteiger partial charge in [0.15, 0.2) is 0 Å². The number of nitrogens with zero attached hydrogens (tertiary/aromatic N) is 2. The first-order valence-corrected chi connectivity index (χ1v) is 5.05. The Kier molecular flexibility index (Phi) is 2.07. The summed E-state index contributed by atoms with van der Waals surface area (Å²) in [4.78, 5) is 19.6. The predicted molar refractivity (Wildman–Crippen MR) is 50.2 cm³/mol. The number of carbonyl (C=O) groups is 1. The molecule has 4 nitrogen and oxygen atoms in total. The van der Waals surface area contributed by atoms with Crippen molar-refractivity contribution >= 4 is 28.6 Å². The molecule has 0 unspecified atom stereocenters. The number of aromatic nitrogens is 2. The van der Waals surface area contributed by atoms with E-state index in [4.69, 9.17) is 5.11 Å². The maximum Gasteiger partial charge on any atom is 0.347 e. The molecule has 2 aromatic rings. The summed E-state index contributed by atoms with van der Waals surface area (Å²) in [5.41, 5.74) is 1.69. The number of hydrogen-bond acceptors (Lipinski definition) is 5. The fraction of sp³-hybridized carbons (Fsp3) is 0. The third-order valence-electron chi connectivity index (χ3n) is 1.36. The fourth-order valence-electron chi connectivity index (χ4n) is 0.808. The Bertz CT molecular complexity index is 421. The molecule has 13 heavy (non-hydrogen) atoms. The lowest BCUT2D eigenvalue weighted by Crippen LogP contribution is -1.89. The van der Waals surface area contributed by atoms with Crippen molar-refractivity contribution in [2.24, 2.45) is 0 Å². The van der Waals surface area contributed by atoms with Crippen LogP contribution in [-0.2, 0) is 0 Å². The van der Waals surface area contributed by atoms with Crippen LogP contribution in [0, 0.1) is 0 Å². The third-order valence-corrected chi connectivity index (χ3v) is 3.29. The maximum absolute atomic E-state index is 10.5. The number of thiazole rings is 2. The van der Waals surface area contributed by atoms with Crippen molar-refractivity contribution in [1.29, 1.82) is 0 Å². The lowest BCUT2D eigenvalue weighted by atomic mass is 10.5. The van der Waals surface area contributed by atoms with E-state index in [1.165, 1.54) is 17.5 Å². The minimum Gasteiger partial charge on any atom is -0.477 e. The van der Waals surface area contributed by atoms with Gasteiger partial charge in [0, 0.05) is 6.20 Å². The van der Waals surface area contributed by atoms with Crippen LogP contribution >= 0.6 is 22.7 Å². The zero-order chi connectivity index (χ0) is 9.26. The van der Waals surface area contributed by atoms with Gasteiger partial charge in [-0.15, -0.1) is 22.7 Å². The van der Waals surface area contributed by atoms with Gasteiger partial charge in [0.05, 0.1) is 16.6 Å². The van der Waals surface area contributed by atoms with Gasteiger partial charge in [0.25, 0.3) is 0 Å². The Hall–Kier alpha value is -1.27. The third kappa shape index (κ3) is 1.58. The monoisotopic (exact) mass is 212 g/mol. The Morgan fingerprint density at radius 1 is 1.46 bits per heavy atom. The van der Waals surface area contributed by atoms with Crippen LogP contribution in [0.4, 0.5) is 0 Å². The van der Waals surface area contributed by atoms with Gasteiger partial charge in [-0.25, -0.2) is 9.78 Å². The Morgan fingerprint density at radius 2 is 2.31 bits per heavy atom. The maximum atomic E-state index is 10.5. The van der Waals surface area contributed by atoms with Crippen molar-refractivity contribution in [3.05, 3.63) is 22.8 Å². The van der Waals surface area contributed by atoms with Crippen LogP contribution in [0.15, 0.2) is 17.9 Å². The van der Waals surface area contributed by atoms with E-state index in [2.05, 4.69) is 9.97 Å². The molecule has 0 saturated carbocycles. The molecular formula is C7H4N2O2S2. The van der Waals surface area contributed by atoms with Crippen molar-refractivity contribution in [3.63, 3.8) is 0 Å². The van der Waals surface area contributed by atoms with Crippen molar-refractivity contribution in [2.45, 2.75) is 0 Å². The highest BCUT2D eigenvalue weighted by Crippen LogP contribution is 2.27. The lowest BCUT2D eigenvalue weighted by Gasteiger charge is -1.83. The molecule has 2 heterocycles. The van der Waals surface area contributed by atoms with Gasteiger partial charge in [-0.3, -0.25) is 4.98 Å². The van der Waals surface area contributed by atoms with Crippen LogP contribution in [0.5, 0.6) is 0 Å². The Morgan fingerprint density at radius 3 is 2.85 bits per heavy atom. The first-order valence-electron chi connectivity index (χ1n) is 3.35. The summed E-state index contributed by atoms with van der Waals surface area (Å²) in [7, 11) is 0. The molecule has 0 atom stereocenters. The average molecular weight is 212 g/mol. The largest absolute Gasteiger partial charge is 0.477 e. The summed E-state index contributed by atoms with van der Waals surface area (Å²) in [6.07, 6.45) is 3.04. The van der Waals surface area contributed by atoms with Gasteiger partial charge in [0.2, 0.25) is 0 Å². The molecule has 2 rings (SSSR count). The molecule has 0 aliphatic rings. The number of hydrogen-bond donors (Lipinski definition) is 1. The van der Waals surface area contributed by atoms with E-state index in [0.717, 1.165) is 16.2 Å². The molecule has 0 aliphatic heterocycles. The van der Waals surface area contributed by atoms with E-state index >= 15 is 0 Å². The molecule has 0 amide bonds. The second-order valence-corrected chi connectivity index (χ2v) is 4.12. The van der Waals surface area contributed by atoms with Crippen LogP contribution in [0.3, 0.4) is 0 Å². The van der Waals surface area contributed by atoms with Crippen molar-refractivity contribution < 1.29 is 9.90 Å². The van der Waals surface area contributed by atoms with Crippen molar-refractivity contribution in [3.8, 4) is 9.88 Å². The highest BCUT2D eigenvalue weighted by atomic mass is 32.1. The quantitative estimate of drug-likeness (QED) is 0.826. The van der Waals surface area contributed by atoms with E-state index < -0.39 is 5.97 Å². The summed E-state index contributed by atoms with van der Waals surface area (Å²) in [6, 6.07) is 0. The molecule has 0 spiro atoms. The van der Waals surface area contributed by atoms with Gasteiger partial charge in [0.1, 0.15) is 9.88 Å². The Labute approximate surface area is 81.5 Å². The van der Waals surface area contributed by atoms with Crippen molar-refractivity contribution in [1.82, 2.24) is 9.97 Å². The minimum atomic E-state index is -0.937. The van der Waals surface area contributed by atoms with Gasteiger partial charge < -0.3 is 5.11 Å². The summed E-state index contributed by atoms with van der Waals surface area (Å²) < 4.78 is 0. The first-order chi connectivity index (χ1) is 6.27. The first kappa shape index (κ1) is 8.33. The van der Waals surface area contributed by atoms with Gasteiger partial charge in [-0.2, -0.15) is 0 Å². The van der Waals surface area contributed by atoms with Crippen LogP contribution in [0.1, 0.15) is 9.67 Å². The molecule has 1 N–H and O–H groups in total. The van der Waals surface area contributed by atoms with E-state index in [-0.39, 0.29) is 4.88 Å². The predicted octanol–water partition coefficient (Wildman–Crippen LogP) is 1.96. The smallest absolute Gasteiger partial charge is 0.347 e. The number of rotatable bonds is 2. The zero-order valence-electron chi connectivity index (χ0n) is 6.30. The molecule has 0 bridgehead atoms. The minimum absolute atomic E-state index is 0.253. The van der Waals surface area contributed by atoms with Crippen LogP contribution in [-0.4, -0.2) is 21.0 Å². The molecule has 66 valence electrons. The second kappa shape index (κ2) is 3.23. The molecule has 0 aromatic carbocycles. The summed E-state index contributed by atoms with van der Waals surface area (Å²) >= 11 is 2.60. The molecule has 2 aromatic heterocycles. The van der Waals surface area contributed by atoms with E-state index in [9.17, 15) is 4.79 Å². The van der Waals surface area contributed by atoms with Gasteiger partial charge in [-0.05, 0) is 0 Å². The highest BCUT2D eigenvalue weighted by molar-refractivity contribution is 7.21. The van der Waals surface area contributed by atoms with E-state index in [0.29, 0.717) is 5.01 Å². The highest BCUT2D eigenvalue weighted by Gasteiger charge is 2.10. The molecule has 0 radical (unpaired) electrons. The van der Waals surface area contributed by atoms with Crippen LogP contribution in [0.25, 0.3) is 9.88 Å². The number of carboxylic acids is 1. The standard InChI is InChI=1S/C7H4N2O2S2/c10-7(11)5-2-9-6(13-5)4-1-8-3-12-4/h1-3H,(H,10,11). The average Bonchev–Trinajstić information content (AvgIpc) is 2.75. The molecule has 0 aliphatic carbocycles. The zero-order valence-corrected chi connectivity index (χ0v) is 7.93. The van der Waals surface area contributed by atoms with Crippen LogP contribution < -0.4 is 0 Å². The number of aromatic carboxylic acids is 1. The SMILES string of the molecule is O=C(O)c1cnc(-c2cncs2)s1. The van der Waals surface area contributed by atoms with Crippen LogP contribution in [0.2, 0.25) is 0 Å². The summed E-state index contributed by atoms with van der Waals surface area (Å²) in [5.74, 6) is -0.937. The van der Waals surface area contributed by atoms with Crippen molar-refractivity contribution in [2.75, 3.05) is 0 Å².